The molecule has 0 aliphatic heterocycles. The van der Waals surface area contributed by atoms with E-state index in [0.717, 1.165) is 0 Å². The Labute approximate surface area is 68.6 Å². The maximum Gasteiger partial charge on any atom is 0.280 e. The highest BCUT2D eigenvalue weighted by Gasteiger charge is 2.09. The summed E-state index contributed by atoms with van der Waals surface area (Å²) in [4.78, 5) is 18.2. The normalized spacial score (nSPS) is 9.50. The van der Waals surface area contributed by atoms with Gasteiger partial charge in [0.25, 0.3) is 5.91 Å². The zero-order valence-corrected chi connectivity index (χ0v) is 6.43. The second kappa shape index (κ2) is 3.14. The second-order valence-corrected chi connectivity index (χ2v) is 2.16. The first-order valence-electron chi connectivity index (χ1n) is 3.15. The van der Waals surface area contributed by atoms with Crippen LogP contribution >= 0.6 is 0 Å². The number of carbonyl (C=O) groups excluding carboxylic acids is 1. The molecule has 1 aromatic heterocycles. The van der Waals surface area contributed by atoms with Gasteiger partial charge < -0.3 is 5.73 Å². The molecule has 12 heavy (non-hydrogen) atoms. The lowest BCUT2D eigenvalue weighted by Gasteiger charge is -2.06. The molecule has 0 atom stereocenters. The molecular weight excluding hydrogens is 160 g/mol. The fourth-order valence-electron chi connectivity index (χ4n) is 0.635. The molecule has 0 aliphatic carbocycles. The number of hydrogen-bond acceptors (Lipinski definition) is 5. The highest BCUT2D eigenvalue weighted by Crippen LogP contribution is 1.99. The molecule has 1 amide bonds. The summed E-state index contributed by atoms with van der Waals surface area (Å²) in [5.74, 6) is -0.484. The van der Waals surface area contributed by atoms with Gasteiger partial charge in [-0.25, -0.2) is 15.0 Å². The molecule has 0 aromatic carbocycles. The van der Waals surface area contributed by atoms with Gasteiger partial charge in [-0.3, -0.25) is 10.0 Å². The summed E-state index contributed by atoms with van der Waals surface area (Å²) in [6.07, 6.45) is 2.49. The standard InChI is InChI=1S/C6H8N4O2/c1-10(12)5(11)4-2-8-6(7)9-3-4/h2-3,12H,1H3,(H2,7,8,9). The molecule has 0 aliphatic rings. The number of nitrogens with zero attached hydrogens (tertiary/aromatic N) is 3. The molecule has 0 spiro atoms. The van der Waals surface area contributed by atoms with Crippen molar-refractivity contribution in [1.29, 1.82) is 0 Å². The van der Waals surface area contributed by atoms with Crippen LogP contribution in [0.1, 0.15) is 10.4 Å². The third kappa shape index (κ3) is 1.67. The highest BCUT2D eigenvalue weighted by atomic mass is 16.5. The Hall–Kier alpha value is -1.69. The number of nitrogen functional groups attached to an aromatic ring is 1. The molecule has 1 rings (SSSR count). The molecule has 0 saturated carbocycles. The molecule has 0 bridgehead atoms. The average molecular weight is 168 g/mol. The number of hydroxylamine groups is 2. The Morgan fingerprint density at radius 1 is 1.58 bits per heavy atom. The van der Waals surface area contributed by atoms with E-state index in [1.165, 1.54) is 19.4 Å². The molecule has 6 heteroatoms. The van der Waals surface area contributed by atoms with Gasteiger partial charge in [0.1, 0.15) is 0 Å². The second-order valence-electron chi connectivity index (χ2n) is 2.16. The molecule has 64 valence electrons. The van der Waals surface area contributed by atoms with Gasteiger partial charge in [0.2, 0.25) is 5.95 Å². The minimum absolute atomic E-state index is 0.0899. The number of carbonyl (C=O) groups is 1. The Morgan fingerprint density at radius 3 is 2.50 bits per heavy atom. The SMILES string of the molecule is CN(O)C(=O)c1cnc(N)nc1. The molecular formula is C6H8N4O2. The summed E-state index contributed by atoms with van der Waals surface area (Å²) in [5.41, 5.74) is 5.38. The van der Waals surface area contributed by atoms with Crippen LogP contribution in [0.15, 0.2) is 12.4 Å². The van der Waals surface area contributed by atoms with Crippen LogP contribution in [-0.2, 0) is 0 Å². The first-order chi connectivity index (χ1) is 5.61. The molecule has 0 unspecified atom stereocenters. The van der Waals surface area contributed by atoms with Gasteiger partial charge in [-0.1, -0.05) is 0 Å². The van der Waals surface area contributed by atoms with Crippen molar-refractivity contribution in [3.63, 3.8) is 0 Å². The fourth-order valence-corrected chi connectivity index (χ4v) is 0.635. The Balaban J connectivity index is 2.90. The van der Waals surface area contributed by atoms with Gasteiger partial charge in [0.05, 0.1) is 5.56 Å². The van der Waals surface area contributed by atoms with Crippen molar-refractivity contribution < 1.29 is 10.0 Å². The van der Waals surface area contributed by atoms with Crippen molar-refractivity contribution in [2.45, 2.75) is 0 Å². The molecule has 1 heterocycles. The first kappa shape index (κ1) is 8.41. The Morgan fingerprint density at radius 2 is 2.08 bits per heavy atom. The van der Waals surface area contributed by atoms with Crippen LogP contribution < -0.4 is 5.73 Å². The highest BCUT2D eigenvalue weighted by molar-refractivity contribution is 5.92. The van der Waals surface area contributed by atoms with Crippen molar-refractivity contribution in [1.82, 2.24) is 15.0 Å². The number of anilines is 1. The third-order valence-electron chi connectivity index (χ3n) is 1.21. The van der Waals surface area contributed by atoms with Gasteiger partial charge in [0, 0.05) is 19.4 Å². The van der Waals surface area contributed by atoms with E-state index in [9.17, 15) is 4.79 Å². The maximum atomic E-state index is 11.0. The van der Waals surface area contributed by atoms with Gasteiger partial charge in [0.15, 0.2) is 0 Å². The Kier molecular flexibility index (Phi) is 2.20. The van der Waals surface area contributed by atoms with E-state index in [4.69, 9.17) is 10.9 Å². The summed E-state index contributed by atoms with van der Waals surface area (Å²) < 4.78 is 0. The molecule has 6 nitrogen and oxygen atoms in total. The van der Waals surface area contributed by atoms with E-state index < -0.39 is 5.91 Å². The minimum Gasteiger partial charge on any atom is -0.368 e. The van der Waals surface area contributed by atoms with Crippen LogP contribution in [0, 0.1) is 0 Å². The van der Waals surface area contributed by atoms with E-state index in [1.54, 1.807) is 0 Å². The monoisotopic (exact) mass is 168 g/mol. The topological polar surface area (TPSA) is 92.3 Å². The van der Waals surface area contributed by atoms with E-state index in [1.807, 2.05) is 0 Å². The number of rotatable bonds is 1. The van der Waals surface area contributed by atoms with Gasteiger partial charge in [-0.05, 0) is 0 Å². The largest absolute Gasteiger partial charge is 0.368 e. The van der Waals surface area contributed by atoms with Crippen LogP contribution in [0.5, 0.6) is 0 Å². The lowest BCUT2D eigenvalue weighted by Crippen LogP contribution is -2.22. The van der Waals surface area contributed by atoms with E-state index >= 15 is 0 Å². The first-order valence-corrected chi connectivity index (χ1v) is 3.15. The summed E-state index contributed by atoms with van der Waals surface area (Å²) in [7, 11) is 1.22. The zero-order chi connectivity index (χ0) is 9.14. The van der Waals surface area contributed by atoms with Crippen molar-refractivity contribution in [3.05, 3.63) is 18.0 Å². The van der Waals surface area contributed by atoms with Crippen LogP contribution in [0.2, 0.25) is 0 Å². The molecule has 0 saturated heterocycles. The van der Waals surface area contributed by atoms with E-state index in [-0.39, 0.29) is 11.5 Å². The van der Waals surface area contributed by atoms with E-state index in [0.29, 0.717) is 5.06 Å². The summed E-state index contributed by atoms with van der Waals surface area (Å²) in [6, 6.07) is 0. The van der Waals surface area contributed by atoms with Crippen LogP contribution in [0.4, 0.5) is 5.95 Å². The number of hydrogen-bond donors (Lipinski definition) is 2. The molecule has 0 radical (unpaired) electrons. The molecule has 0 fully saturated rings. The summed E-state index contributed by atoms with van der Waals surface area (Å²) >= 11 is 0. The quantitative estimate of drug-likeness (QED) is 0.436. The predicted octanol–water partition coefficient (Wildman–Crippen LogP) is -0.480. The van der Waals surface area contributed by atoms with Crippen molar-refractivity contribution >= 4 is 11.9 Å². The summed E-state index contributed by atoms with van der Waals surface area (Å²) in [6.45, 7) is 0. The minimum atomic E-state index is -0.574. The van der Waals surface area contributed by atoms with Crippen LogP contribution in [0.3, 0.4) is 0 Å². The van der Waals surface area contributed by atoms with Gasteiger partial charge >= 0.3 is 0 Å². The fraction of sp³-hybridized carbons (Fsp3) is 0.167. The van der Waals surface area contributed by atoms with Crippen LogP contribution in [0.25, 0.3) is 0 Å². The van der Waals surface area contributed by atoms with Gasteiger partial charge in [-0.2, -0.15) is 0 Å². The van der Waals surface area contributed by atoms with Gasteiger partial charge in [-0.15, -0.1) is 0 Å². The van der Waals surface area contributed by atoms with E-state index in [2.05, 4.69) is 9.97 Å². The number of nitrogens with two attached hydrogens (primary N) is 1. The predicted molar refractivity (Wildman–Crippen MR) is 40.3 cm³/mol. The van der Waals surface area contributed by atoms with Crippen LogP contribution in [-0.4, -0.2) is 33.2 Å². The summed E-state index contributed by atoms with van der Waals surface area (Å²) in [5, 5.41) is 9.19. The number of amides is 1. The smallest absolute Gasteiger partial charge is 0.280 e. The molecule has 1 aromatic rings. The maximum absolute atomic E-state index is 11.0. The molecule has 3 N–H and O–H groups in total. The van der Waals surface area contributed by atoms with Crippen molar-refractivity contribution in [3.8, 4) is 0 Å². The van der Waals surface area contributed by atoms with Crippen molar-refractivity contribution in [2.24, 2.45) is 0 Å². The number of aromatic nitrogens is 2. The lowest BCUT2D eigenvalue weighted by atomic mass is 10.3. The zero-order valence-electron chi connectivity index (χ0n) is 6.43. The Bertz CT molecular complexity index is 282. The van der Waals surface area contributed by atoms with Crippen molar-refractivity contribution in [2.75, 3.05) is 12.8 Å². The average Bonchev–Trinajstić information content (AvgIpc) is 2.04. The lowest BCUT2D eigenvalue weighted by molar-refractivity contribution is -0.0375. The third-order valence-corrected chi connectivity index (χ3v) is 1.21.